The van der Waals surface area contributed by atoms with Crippen molar-refractivity contribution in [2.45, 2.75) is 20.0 Å². The van der Waals surface area contributed by atoms with Crippen molar-refractivity contribution in [2.24, 2.45) is 12.8 Å². The molecule has 0 atom stereocenters. The van der Waals surface area contributed by atoms with Gasteiger partial charge in [-0.05, 0) is 55.7 Å². The van der Waals surface area contributed by atoms with E-state index in [1.165, 1.54) is 33.8 Å². The van der Waals surface area contributed by atoms with E-state index in [2.05, 4.69) is 27.1 Å². The van der Waals surface area contributed by atoms with Crippen molar-refractivity contribution in [3.8, 4) is 23.5 Å². The smallest absolute Gasteiger partial charge is 0.375 e. The van der Waals surface area contributed by atoms with Gasteiger partial charge in [-0.3, -0.25) is 9.36 Å². The van der Waals surface area contributed by atoms with Crippen LogP contribution in [0, 0.1) is 25.7 Å². The van der Waals surface area contributed by atoms with Crippen molar-refractivity contribution in [3.63, 3.8) is 0 Å². The minimum atomic E-state index is -4.62. The van der Waals surface area contributed by atoms with Gasteiger partial charge in [0, 0.05) is 35.7 Å². The minimum Gasteiger partial charge on any atom is -0.375 e. The van der Waals surface area contributed by atoms with Crippen molar-refractivity contribution >= 4 is 17.7 Å². The first kappa shape index (κ1) is 26.0. The average Bonchev–Trinajstić information content (AvgIpc) is 3.43. The van der Waals surface area contributed by atoms with Gasteiger partial charge < -0.3 is 20.4 Å². The quantitative estimate of drug-likeness (QED) is 0.387. The Kier molecular flexibility index (Phi) is 6.94. The SMILES string of the molecule is Cc1cn(-c2cc(NC(=O)c3ccc(C)c(C#Cc4cnc(OC(N)=O)n4C)c3)cc(C(F)(F)F)c2)cn1. The molecule has 0 aliphatic carbocycles. The zero-order valence-corrected chi connectivity index (χ0v) is 20.4. The lowest BCUT2D eigenvalue weighted by Crippen LogP contribution is -2.18. The number of aryl methyl sites for hydroxylation is 2. The molecule has 2 amide bonds. The zero-order chi connectivity index (χ0) is 27.6. The first-order valence-corrected chi connectivity index (χ1v) is 11.1. The summed E-state index contributed by atoms with van der Waals surface area (Å²) < 4.78 is 48.3. The highest BCUT2D eigenvalue weighted by molar-refractivity contribution is 6.04. The number of ether oxygens (including phenoxy) is 1. The van der Waals surface area contributed by atoms with Crippen molar-refractivity contribution in [2.75, 3.05) is 5.32 Å². The van der Waals surface area contributed by atoms with Crippen LogP contribution >= 0.6 is 0 Å². The molecule has 0 radical (unpaired) electrons. The van der Waals surface area contributed by atoms with Crippen LogP contribution in [0.15, 0.2) is 55.1 Å². The van der Waals surface area contributed by atoms with E-state index in [4.69, 9.17) is 10.5 Å². The minimum absolute atomic E-state index is 0.0297. The van der Waals surface area contributed by atoms with Crippen LogP contribution < -0.4 is 15.8 Å². The maximum atomic E-state index is 13.6. The molecule has 0 fully saturated rings. The molecule has 4 aromatic rings. The molecule has 38 heavy (non-hydrogen) atoms. The van der Waals surface area contributed by atoms with Gasteiger partial charge in [-0.25, -0.2) is 14.8 Å². The number of anilines is 1. The Hall–Kier alpha value is -5.05. The Morgan fingerprint density at radius 1 is 1.08 bits per heavy atom. The number of halogens is 3. The molecule has 0 saturated carbocycles. The molecule has 0 spiro atoms. The van der Waals surface area contributed by atoms with Crippen molar-refractivity contribution in [1.29, 1.82) is 0 Å². The topological polar surface area (TPSA) is 117 Å². The first-order chi connectivity index (χ1) is 17.9. The molecule has 0 bridgehead atoms. The Morgan fingerprint density at radius 2 is 1.84 bits per heavy atom. The van der Waals surface area contributed by atoms with Crippen LogP contribution in [0.4, 0.5) is 23.7 Å². The number of nitrogens with zero attached hydrogens (tertiary/aromatic N) is 4. The second-order valence-corrected chi connectivity index (χ2v) is 8.33. The summed E-state index contributed by atoms with van der Waals surface area (Å²) in [5, 5.41) is 2.54. The van der Waals surface area contributed by atoms with Crippen LogP contribution in [0.25, 0.3) is 5.69 Å². The molecule has 12 heteroatoms. The largest absolute Gasteiger partial charge is 0.416 e. The van der Waals surface area contributed by atoms with E-state index in [9.17, 15) is 22.8 Å². The Balaban J connectivity index is 1.62. The number of hydrogen-bond donors (Lipinski definition) is 2. The van der Waals surface area contributed by atoms with Gasteiger partial charge >= 0.3 is 18.3 Å². The molecule has 2 aromatic carbocycles. The van der Waals surface area contributed by atoms with Crippen molar-refractivity contribution < 1.29 is 27.5 Å². The summed E-state index contributed by atoms with van der Waals surface area (Å²) in [7, 11) is 1.58. The normalized spacial score (nSPS) is 11.0. The number of nitrogens with one attached hydrogen (secondary N) is 1. The number of aromatic nitrogens is 4. The molecule has 0 aliphatic heterocycles. The molecule has 2 heterocycles. The maximum Gasteiger partial charge on any atom is 0.416 e. The highest BCUT2D eigenvalue weighted by atomic mass is 19.4. The molecule has 3 N–H and O–H groups in total. The molecule has 194 valence electrons. The van der Waals surface area contributed by atoms with Gasteiger partial charge in [0.1, 0.15) is 5.69 Å². The highest BCUT2D eigenvalue weighted by Crippen LogP contribution is 2.33. The molecule has 0 unspecified atom stereocenters. The van der Waals surface area contributed by atoms with Gasteiger partial charge in [-0.1, -0.05) is 12.0 Å². The summed E-state index contributed by atoms with van der Waals surface area (Å²) in [5.41, 5.74) is 6.78. The fraction of sp³-hybridized carbons (Fsp3) is 0.154. The van der Waals surface area contributed by atoms with Crippen molar-refractivity contribution in [1.82, 2.24) is 19.1 Å². The van der Waals surface area contributed by atoms with Gasteiger partial charge in [0.2, 0.25) is 0 Å². The highest BCUT2D eigenvalue weighted by Gasteiger charge is 2.31. The summed E-state index contributed by atoms with van der Waals surface area (Å²) in [5.74, 6) is 5.21. The maximum absolute atomic E-state index is 13.6. The zero-order valence-electron chi connectivity index (χ0n) is 20.4. The summed E-state index contributed by atoms with van der Waals surface area (Å²) >= 11 is 0. The summed E-state index contributed by atoms with van der Waals surface area (Å²) in [6.07, 6.45) is -1.26. The number of carbonyl (C=O) groups is 2. The van der Waals surface area contributed by atoms with Crippen molar-refractivity contribution in [3.05, 3.63) is 88.8 Å². The number of hydrogen-bond acceptors (Lipinski definition) is 5. The van der Waals surface area contributed by atoms with Gasteiger partial charge in [-0.15, -0.1) is 0 Å². The van der Waals surface area contributed by atoms with Gasteiger partial charge in [0.15, 0.2) is 0 Å². The molecule has 0 saturated heterocycles. The predicted molar refractivity (Wildman–Crippen MR) is 132 cm³/mol. The lowest BCUT2D eigenvalue weighted by Gasteiger charge is -2.14. The van der Waals surface area contributed by atoms with E-state index in [1.807, 2.05) is 0 Å². The van der Waals surface area contributed by atoms with Crippen LogP contribution in [0.2, 0.25) is 0 Å². The molecular weight excluding hydrogens is 501 g/mol. The van der Waals surface area contributed by atoms with Crippen LogP contribution in [0.5, 0.6) is 6.01 Å². The average molecular weight is 522 g/mol. The fourth-order valence-corrected chi connectivity index (χ4v) is 3.48. The second kappa shape index (κ2) is 10.1. The predicted octanol–water partition coefficient (Wildman–Crippen LogP) is 4.35. The molecule has 4 rings (SSSR count). The number of carbonyl (C=O) groups excluding carboxylic acids is 2. The number of nitrogens with two attached hydrogens (primary N) is 1. The monoisotopic (exact) mass is 522 g/mol. The summed E-state index contributed by atoms with van der Waals surface area (Å²) in [4.78, 5) is 31.9. The molecule has 9 nitrogen and oxygen atoms in total. The van der Waals surface area contributed by atoms with Crippen LogP contribution in [0.1, 0.15) is 38.4 Å². The Bertz CT molecular complexity index is 1610. The van der Waals surface area contributed by atoms with Crippen LogP contribution in [0.3, 0.4) is 0 Å². The first-order valence-electron chi connectivity index (χ1n) is 11.1. The van der Waals surface area contributed by atoms with E-state index >= 15 is 0 Å². The molecular formula is C26H21F3N6O3. The number of primary amides is 1. The van der Waals surface area contributed by atoms with E-state index < -0.39 is 23.7 Å². The number of benzene rings is 2. The van der Waals surface area contributed by atoms with E-state index in [0.717, 1.165) is 17.7 Å². The Morgan fingerprint density at radius 3 is 2.50 bits per heavy atom. The number of rotatable bonds is 4. The fourth-order valence-electron chi connectivity index (χ4n) is 3.48. The van der Waals surface area contributed by atoms with E-state index in [0.29, 0.717) is 17.0 Å². The summed E-state index contributed by atoms with van der Waals surface area (Å²) in [6.45, 7) is 3.51. The van der Waals surface area contributed by atoms with Gasteiger partial charge in [-0.2, -0.15) is 13.2 Å². The van der Waals surface area contributed by atoms with Crippen LogP contribution in [-0.4, -0.2) is 31.1 Å². The third-order valence-electron chi connectivity index (χ3n) is 5.48. The van der Waals surface area contributed by atoms with Gasteiger partial charge in [0.25, 0.3) is 5.91 Å². The molecule has 0 aliphatic rings. The number of amides is 2. The number of imidazole rings is 2. The van der Waals surface area contributed by atoms with Crippen LogP contribution in [-0.2, 0) is 13.2 Å². The molecule has 2 aromatic heterocycles. The standard InChI is InChI=1S/C26H21F3N6O3/c1-15-4-5-18(8-17(15)6-7-21-12-31-25(34(21)3)38-24(30)37)23(36)33-20-9-19(26(27,28)29)10-22(11-20)35-13-16(2)32-14-35/h4-5,8-14H,1-3H3,(H2,30,37)(H,33,36). The number of alkyl halides is 3. The Labute approximate surface area is 215 Å². The van der Waals surface area contributed by atoms with E-state index in [1.54, 1.807) is 39.2 Å². The van der Waals surface area contributed by atoms with Gasteiger partial charge in [0.05, 0.1) is 23.8 Å². The third-order valence-corrected chi connectivity index (χ3v) is 5.48. The lowest BCUT2D eigenvalue weighted by atomic mass is 10.0. The third kappa shape index (κ3) is 5.84. The van der Waals surface area contributed by atoms with E-state index in [-0.39, 0.29) is 22.9 Å². The summed E-state index contributed by atoms with van der Waals surface area (Å²) in [6, 6.07) is 8.00. The lowest BCUT2D eigenvalue weighted by molar-refractivity contribution is -0.137. The second-order valence-electron chi connectivity index (χ2n) is 8.33.